The van der Waals surface area contributed by atoms with Crippen LogP contribution in [-0.4, -0.2) is 44.7 Å². The molecule has 3 aromatic rings. The van der Waals surface area contributed by atoms with Gasteiger partial charge in [0.05, 0.1) is 30.7 Å². The molecule has 2 aliphatic heterocycles. The zero-order chi connectivity index (χ0) is 23.4. The zero-order valence-corrected chi connectivity index (χ0v) is 18.8. The number of halogens is 3. The number of aryl methyl sites for hydroxylation is 1. The van der Waals surface area contributed by atoms with Gasteiger partial charge in [0.1, 0.15) is 6.10 Å². The van der Waals surface area contributed by atoms with Gasteiger partial charge < -0.3 is 9.64 Å². The van der Waals surface area contributed by atoms with Gasteiger partial charge in [0.25, 0.3) is 0 Å². The molecular weight excluding hydrogens is 445 g/mol. The molecule has 178 valence electrons. The predicted molar refractivity (Wildman–Crippen MR) is 117 cm³/mol. The van der Waals surface area contributed by atoms with Gasteiger partial charge in [0.2, 0.25) is 0 Å². The number of ether oxygens (including phenoxy) is 1. The van der Waals surface area contributed by atoms with E-state index < -0.39 is 23.6 Å². The van der Waals surface area contributed by atoms with E-state index in [4.69, 9.17) is 9.72 Å². The minimum atomic E-state index is -1.50. The second-order valence-electron chi connectivity index (χ2n) is 9.55. The Morgan fingerprint density at radius 3 is 2.65 bits per heavy atom. The number of hydrogen-bond acceptors (Lipinski definition) is 6. The maximum absolute atomic E-state index is 14.5. The first-order chi connectivity index (χ1) is 16.5. The lowest BCUT2D eigenvalue weighted by molar-refractivity contribution is 0.0364. The lowest BCUT2D eigenvalue weighted by Gasteiger charge is -2.39. The highest BCUT2D eigenvalue weighted by Gasteiger charge is 2.43. The Bertz CT molecular complexity index is 1220. The summed E-state index contributed by atoms with van der Waals surface area (Å²) in [5.41, 5.74) is 1.97. The smallest absolute Gasteiger partial charge is 0.194 e. The van der Waals surface area contributed by atoms with E-state index in [1.54, 1.807) is 4.68 Å². The third-order valence-corrected chi connectivity index (χ3v) is 7.49. The van der Waals surface area contributed by atoms with Crippen molar-refractivity contribution in [3.8, 4) is 0 Å². The van der Waals surface area contributed by atoms with Gasteiger partial charge in [-0.2, -0.15) is 15.3 Å². The summed E-state index contributed by atoms with van der Waals surface area (Å²) >= 11 is 0. The van der Waals surface area contributed by atoms with Crippen LogP contribution >= 0.6 is 0 Å². The average molecular weight is 470 g/mol. The van der Waals surface area contributed by atoms with Gasteiger partial charge in [-0.15, -0.1) is 0 Å². The number of rotatable bonds is 4. The molecule has 1 unspecified atom stereocenters. The molecule has 1 aliphatic carbocycles. The monoisotopic (exact) mass is 470 g/mol. The van der Waals surface area contributed by atoms with Crippen LogP contribution in [0.1, 0.15) is 41.9 Å². The Kier molecular flexibility index (Phi) is 5.28. The summed E-state index contributed by atoms with van der Waals surface area (Å²) in [4.78, 5) is 7.10. The van der Waals surface area contributed by atoms with E-state index >= 15 is 0 Å². The molecule has 0 N–H and O–H groups in total. The minimum absolute atomic E-state index is 0.0616. The Morgan fingerprint density at radius 2 is 1.88 bits per heavy atom. The average Bonchev–Trinajstić information content (AvgIpc) is 3.33. The first-order valence-electron chi connectivity index (χ1n) is 11.7. The normalized spacial score (nSPS) is 26.1. The van der Waals surface area contributed by atoms with E-state index in [9.17, 15) is 13.2 Å². The summed E-state index contributed by atoms with van der Waals surface area (Å²) in [6.07, 6.45) is 4.00. The molecule has 0 amide bonds. The lowest BCUT2D eigenvalue weighted by atomic mass is 9.82. The summed E-state index contributed by atoms with van der Waals surface area (Å²) in [5, 5.41) is 12.8. The molecule has 6 rings (SSSR count). The van der Waals surface area contributed by atoms with Gasteiger partial charge in [-0.1, -0.05) is 0 Å². The fourth-order valence-corrected chi connectivity index (χ4v) is 5.87. The molecule has 0 spiro atoms. The SMILES string of the molecule is Cc1cc(N2C[C@H]3CC[C@@H](C2)C3Cc2nc3n(n2)CCO[C@@H]3c2ccc(F)c(F)c2F)cnn1. The molecule has 1 saturated carbocycles. The number of hydrogen-bond donors (Lipinski definition) is 0. The topological polar surface area (TPSA) is 69.0 Å². The molecule has 1 saturated heterocycles. The van der Waals surface area contributed by atoms with Crippen LogP contribution in [0.3, 0.4) is 0 Å². The Labute approximate surface area is 195 Å². The fraction of sp³-hybridized carbons (Fsp3) is 0.500. The summed E-state index contributed by atoms with van der Waals surface area (Å²) in [7, 11) is 0. The highest BCUT2D eigenvalue weighted by molar-refractivity contribution is 5.45. The number of piperidine rings is 1. The van der Waals surface area contributed by atoms with Crippen LogP contribution < -0.4 is 4.90 Å². The molecule has 2 aromatic heterocycles. The number of fused-ring (bicyclic) bond motifs is 3. The molecule has 2 bridgehead atoms. The van der Waals surface area contributed by atoms with Gasteiger partial charge in [0, 0.05) is 25.1 Å². The van der Waals surface area contributed by atoms with Crippen molar-refractivity contribution in [2.45, 2.75) is 38.8 Å². The molecule has 3 aliphatic rings. The van der Waals surface area contributed by atoms with Crippen LogP contribution in [-0.2, 0) is 17.7 Å². The van der Waals surface area contributed by atoms with Crippen molar-refractivity contribution in [1.82, 2.24) is 25.0 Å². The molecule has 10 heteroatoms. The predicted octanol–water partition coefficient (Wildman–Crippen LogP) is 3.62. The van der Waals surface area contributed by atoms with Crippen molar-refractivity contribution < 1.29 is 17.9 Å². The van der Waals surface area contributed by atoms with Crippen molar-refractivity contribution in [2.75, 3.05) is 24.6 Å². The minimum Gasteiger partial charge on any atom is -0.370 e. The van der Waals surface area contributed by atoms with Gasteiger partial charge in [0.15, 0.2) is 29.1 Å². The summed E-state index contributed by atoms with van der Waals surface area (Å²) < 4.78 is 49.2. The van der Waals surface area contributed by atoms with E-state index in [1.165, 1.54) is 18.9 Å². The molecule has 34 heavy (non-hydrogen) atoms. The molecule has 1 aromatic carbocycles. The summed E-state index contributed by atoms with van der Waals surface area (Å²) in [5.74, 6) is -1.30. The highest BCUT2D eigenvalue weighted by atomic mass is 19.2. The Hall–Kier alpha value is -3.01. The fourth-order valence-electron chi connectivity index (χ4n) is 5.87. The maximum Gasteiger partial charge on any atom is 0.194 e. The molecule has 0 radical (unpaired) electrons. The van der Waals surface area contributed by atoms with E-state index in [0.29, 0.717) is 42.6 Å². The van der Waals surface area contributed by atoms with Crippen molar-refractivity contribution in [1.29, 1.82) is 0 Å². The van der Waals surface area contributed by atoms with Gasteiger partial charge in [-0.3, -0.25) is 0 Å². The van der Waals surface area contributed by atoms with Crippen molar-refractivity contribution in [2.24, 2.45) is 17.8 Å². The van der Waals surface area contributed by atoms with Crippen LogP contribution in [0.15, 0.2) is 24.4 Å². The van der Waals surface area contributed by atoms with Gasteiger partial charge >= 0.3 is 0 Å². The van der Waals surface area contributed by atoms with Crippen LogP contribution in [0.4, 0.5) is 18.9 Å². The Morgan fingerprint density at radius 1 is 1.09 bits per heavy atom. The second kappa shape index (κ2) is 8.33. The Balaban J connectivity index is 1.22. The van der Waals surface area contributed by atoms with Crippen molar-refractivity contribution >= 4 is 5.69 Å². The first kappa shape index (κ1) is 21.5. The maximum atomic E-state index is 14.5. The standard InChI is InChI=1S/C24H25F3N6O/c1-13-8-16(10-28-30-13)32-11-14-2-3-15(12-32)18(14)9-20-29-24-23(34-7-6-33(24)31-20)17-4-5-19(25)22(27)21(17)26/h4-5,8,10,14-15,18,23H,2-3,6-7,9,11-12H2,1H3/t14-,15+,18?,23-/m1/s1. The summed E-state index contributed by atoms with van der Waals surface area (Å²) in [6, 6.07) is 4.21. The van der Waals surface area contributed by atoms with E-state index in [2.05, 4.69) is 26.3 Å². The molecular formula is C24H25F3N6O. The lowest BCUT2D eigenvalue weighted by Crippen LogP contribution is -2.43. The van der Waals surface area contributed by atoms with Crippen LogP contribution in [0, 0.1) is 42.1 Å². The van der Waals surface area contributed by atoms with E-state index in [0.717, 1.165) is 37.0 Å². The highest BCUT2D eigenvalue weighted by Crippen LogP contribution is 2.44. The third kappa shape index (κ3) is 3.64. The van der Waals surface area contributed by atoms with Crippen LogP contribution in [0.25, 0.3) is 0 Å². The number of nitrogens with zero attached hydrogens (tertiary/aromatic N) is 6. The van der Waals surface area contributed by atoms with Crippen molar-refractivity contribution in [3.05, 3.63) is 64.8 Å². The van der Waals surface area contributed by atoms with Gasteiger partial charge in [-0.05, 0) is 55.7 Å². The second-order valence-corrected chi connectivity index (χ2v) is 9.55. The molecule has 4 atom stereocenters. The van der Waals surface area contributed by atoms with Crippen molar-refractivity contribution in [3.63, 3.8) is 0 Å². The van der Waals surface area contributed by atoms with Gasteiger partial charge in [-0.25, -0.2) is 22.8 Å². The number of aromatic nitrogens is 5. The number of benzene rings is 1. The summed E-state index contributed by atoms with van der Waals surface area (Å²) in [6.45, 7) is 4.66. The van der Waals surface area contributed by atoms with E-state index in [1.807, 2.05) is 13.1 Å². The largest absolute Gasteiger partial charge is 0.370 e. The van der Waals surface area contributed by atoms with Crippen LogP contribution in [0.5, 0.6) is 0 Å². The molecule has 2 fully saturated rings. The molecule has 7 nitrogen and oxygen atoms in total. The first-order valence-corrected chi connectivity index (χ1v) is 11.7. The van der Waals surface area contributed by atoms with E-state index in [-0.39, 0.29) is 5.56 Å². The molecule has 4 heterocycles. The number of anilines is 1. The quantitative estimate of drug-likeness (QED) is 0.543. The van der Waals surface area contributed by atoms with Crippen LogP contribution in [0.2, 0.25) is 0 Å². The zero-order valence-electron chi connectivity index (χ0n) is 18.8. The third-order valence-electron chi connectivity index (χ3n) is 7.49.